The molecule has 0 spiro atoms. The van der Waals surface area contributed by atoms with Crippen molar-refractivity contribution in [2.24, 2.45) is 0 Å². The predicted molar refractivity (Wildman–Crippen MR) is 147 cm³/mol. The molecule has 5 rings (SSSR count). The van der Waals surface area contributed by atoms with Crippen LogP contribution in [0.3, 0.4) is 0 Å². The van der Waals surface area contributed by atoms with Gasteiger partial charge in [0, 0.05) is 0 Å². The molecule has 0 nitrogen and oxygen atoms in total. The van der Waals surface area contributed by atoms with Gasteiger partial charge in [-0.3, -0.25) is 0 Å². The molecule has 0 saturated carbocycles. The van der Waals surface area contributed by atoms with E-state index in [4.69, 9.17) is 11.2 Å². The van der Waals surface area contributed by atoms with Crippen LogP contribution in [0.25, 0.3) is 11.1 Å². The van der Waals surface area contributed by atoms with Gasteiger partial charge in [-0.05, 0) is 0 Å². The summed E-state index contributed by atoms with van der Waals surface area (Å²) < 4.78 is 0. The van der Waals surface area contributed by atoms with Crippen molar-refractivity contribution in [3.8, 4) is 11.1 Å². The van der Waals surface area contributed by atoms with E-state index < -0.39 is 5.96 Å². The monoisotopic (exact) mass is 464 g/mol. The first kappa shape index (κ1) is 21.7. The van der Waals surface area contributed by atoms with Crippen molar-refractivity contribution in [2.45, 2.75) is 6.16 Å². The van der Waals surface area contributed by atoms with Gasteiger partial charge >= 0.3 is 202 Å². The van der Waals surface area contributed by atoms with E-state index in [0.29, 0.717) is 0 Å². The van der Waals surface area contributed by atoms with E-state index >= 15 is 0 Å². The molecule has 2 heteroatoms. The van der Waals surface area contributed by atoms with Crippen LogP contribution in [0.5, 0.6) is 0 Å². The Morgan fingerprint density at radius 2 is 0.727 bits per heavy atom. The fourth-order valence-electron chi connectivity index (χ4n) is 4.71. The number of benzene rings is 5. The summed E-state index contributed by atoms with van der Waals surface area (Å²) in [7, 11) is 0. The molecule has 0 bridgehead atoms. The van der Waals surface area contributed by atoms with Crippen LogP contribution >= 0.6 is 17.2 Å². The van der Waals surface area contributed by atoms with Crippen molar-refractivity contribution in [3.63, 3.8) is 0 Å². The molecule has 5 aromatic rings. The van der Waals surface area contributed by atoms with E-state index in [1.165, 1.54) is 32.6 Å². The second-order valence-corrected chi connectivity index (χ2v) is 14.9. The molecular weight excluding hydrogens is 439 g/mol. The topological polar surface area (TPSA) is 0 Å². The average Bonchev–Trinajstić information content (AvgIpc) is 2.91. The predicted octanol–water partition coefficient (Wildman–Crippen LogP) is 7.54. The minimum atomic E-state index is -3.31. The van der Waals surface area contributed by atoms with Gasteiger partial charge in [0.2, 0.25) is 0 Å². The quantitative estimate of drug-likeness (QED) is 0.228. The SMILES string of the molecule is ClP(Cc1ccc(-c2ccccc2)cc1)(c1ccccc1)(c1ccccc1)c1ccccc1. The number of hydrogen-bond acceptors (Lipinski definition) is 0. The summed E-state index contributed by atoms with van der Waals surface area (Å²) in [6.45, 7) is 0. The van der Waals surface area contributed by atoms with Crippen LogP contribution in [0, 0.1) is 0 Å². The molecule has 0 atom stereocenters. The van der Waals surface area contributed by atoms with Gasteiger partial charge in [0.05, 0.1) is 0 Å². The summed E-state index contributed by atoms with van der Waals surface area (Å²) in [5.41, 5.74) is 3.67. The first-order chi connectivity index (χ1) is 16.2. The van der Waals surface area contributed by atoms with Gasteiger partial charge < -0.3 is 0 Å². The molecule has 162 valence electrons. The van der Waals surface area contributed by atoms with Crippen LogP contribution in [0.1, 0.15) is 5.56 Å². The van der Waals surface area contributed by atoms with Gasteiger partial charge in [0.15, 0.2) is 0 Å². The molecule has 0 heterocycles. The Morgan fingerprint density at radius 3 is 1.12 bits per heavy atom. The van der Waals surface area contributed by atoms with Crippen molar-refractivity contribution in [2.75, 3.05) is 0 Å². The van der Waals surface area contributed by atoms with Crippen LogP contribution < -0.4 is 15.9 Å². The van der Waals surface area contributed by atoms with E-state index in [0.717, 1.165) is 6.16 Å². The van der Waals surface area contributed by atoms with Crippen molar-refractivity contribution in [1.29, 1.82) is 0 Å². The van der Waals surface area contributed by atoms with E-state index in [1.807, 2.05) is 6.07 Å². The fraction of sp³-hybridized carbons (Fsp3) is 0.0323. The Balaban J connectivity index is 1.71. The Morgan fingerprint density at radius 1 is 0.394 bits per heavy atom. The Bertz CT molecular complexity index is 1220. The summed E-state index contributed by atoms with van der Waals surface area (Å²) in [6.07, 6.45) is 0.750. The van der Waals surface area contributed by atoms with E-state index in [9.17, 15) is 0 Å². The molecule has 0 unspecified atom stereocenters. The third-order valence-corrected chi connectivity index (χ3v) is 13.6. The summed E-state index contributed by atoms with van der Waals surface area (Å²) in [5.74, 6) is -3.31. The molecule has 0 radical (unpaired) electrons. The molecule has 0 aromatic heterocycles. The zero-order chi connectivity index (χ0) is 22.6. The zero-order valence-corrected chi connectivity index (χ0v) is 20.0. The second kappa shape index (κ2) is 8.99. The van der Waals surface area contributed by atoms with Gasteiger partial charge in [-0.25, -0.2) is 0 Å². The van der Waals surface area contributed by atoms with Crippen molar-refractivity contribution >= 4 is 33.1 Å². The van der Waals surface area contributed by atoms with Crippen LogP contribution in [-0.4, -0.2) is 0 Å². The molecule has 0 N–H and O–H groups in total. The Labute approximate surface area is 201 Å². The Kier molecular flexibility index (Phi) is 5.90. The molecule has 0 amide bonds. The zero-order valence-electron chi connectivity index (χ0n) is 18.4. The van der Waals surface area contributed by atoms with Crippen LogP contribution in [0.4, 0.5) is 0 Å². The third kappa shape index (κ3) is 3.91. The van der Waals surface area contributed by atoms with Gasteiger partial charge in [0.25, 0.3) is 0 Å². The fourth-order valence-corrected chi connectivity index (χ4v) is 10.9. The summed E-state index contributed by atoms with van der Waals surface area (Å²) in [4.78, 5) is 0. The molecule has 0 aliphatic heterocycles. The van der Waals surface area contributed by atoms with Crippen molar-refractivity contribution in [1.82, 2.24) is 0 Å². The van der Waals surface area contributed by atoms with Gasteiger partial charge in [-0.2, -0.15) is 0 Å². The maximum absolute atomic E-state index is 8.20. The molecule has 33 heavy (non-hydrogen) atoms. The van der Waals surface area contributed by atoms with E-state index in [1.54, 1.807) is 0 Å². The molecule has 0 aliphatic carbocycles. The van der Waals surface area contributed by atoms with Crippen LogP contribution in [0.2, 0.25) is 0 Å². The normalized spacial score (nSPS) is 12.6. The molecule has 0 aliphatic rings. The minimum absolute atomic E-state index is 0.750. The van der Waals surface area contributed by atoms with Gasteiger partial charge in [0.1, 0.15) is 0 Å². The second-order valence-electron chi connectivity index (χ2n) is 8.41. The van der Waals surface area contributed by atoms with Gasteiger partial charge in [-0.15, -0.1) is 0 Å². The number of rotatable bonds is 6. The van der Waals surface area contributed by atoms with Crippen molar-refractivity contribution < 1.29 is 0 Å². The third-order valence-electron chi connectivity index (χ3n) is 6.42. The first-order valence-electron chi connectivity index (χ1n) is 11.2. The Hall–Kier alpha value is -3.18. The van der Waals surface area contributed by atoms with E-state index in [2.05, 4.69) is 140 Å². The molecular formula is C31H26ClP. The van der Waals surface area contributed by atoms with E-state index in [-0.39, 0.29) is 0 Å². The summed E-state index contributed by atoms with van der Waals surface area (Å²) in [5, 5.41) is 3.57. The standard InChI is InChI=1S/C31H26ClP/c32-33(29-15-7-2-8-16-29,30-17-9-3-10-18-30,31-19-11-4-12-20-31)25-26-21-23-28(24-22-26)27-13-5-1-6-14-27/h1-24H,25H2. The average molecular weight is 465 g/mol. The van der Waals surface area contributed by atoms with Gasteiger partial charge in [-0.1, -0.05) is 0 Å². The molecule has 0 fully saturated rings. The first-order valence-corrected chi connectivity index (χ1v) is 14.6. The molecule has 5 aromatic carbocycles. The maximum atomic E-state index is 8.20. The summed E-state index contributed by atoms with van der Waals surface area (Å²) in [6, 6.07) is 51.4. The number of hydrogen-bond donors (Lipinski definition) is 0. The summed E-state index contributed by atoms with van der Waals surface area (Å²) >= 11 is 8.20. The van der Waals surface area contributed by atoms with Crippen LogP contribution in [-0.2, 0) is 6.16 Å². The number of halogens is 1. The molecule has 0 saturated heterocycles. The van der Waals surface area contributed by atoms with Crippen LogP contribution in [0.15, 0.2) is 146 Å². The van der Waals surface area contributed by atoms with Crippen molar-refractivity contribution in [3.05, 3.63) is 151 Å².